The van der Waals surface area contributed by atoms with Gasteiger partial charge < -0.3 is 0 Å². The fraction of sp³-hybridized carbons (Fsp3) is 0.357. The van der Waals surface area contributed by atoms with Crippen LogP contribution >= 0.6 is 0 Å². The summed E-state index contributed by atoms with van der Waals surface area (Å²) in [5, 5.41) is 0. The molecule has 1 nitrogen and oxygen atoms in total. The Morgan fingerprint density at radius 2 is 2.27 bits per heavy atom. The van der Waals surface area contributed by atoms with Crippen LogP contribution in [0.25, 0.3) is 0 Å². The van der Waals surface area contributed by atoms with Gasteiger partial charge in [0.2, 0.25) is 0 Å². The standard InChI is InChI=1S/C14H16O/c1-9(2)7-11-5-4-6-12-13(11)8-10(3)14(12)15/h4-6,10H,1,7-8H2,2-3H3. The first-order valence-corrected chi connectivity index (χ1v) is 5.39. The number of Topliss-reactive ketones (excluding diaryl/α,β-unsaturated/α-hetero) is 1. The van der Waals surface area contributed by atoms with E-state index in [9.17, 15) is 4.79 Å². The highest BCUT2D eigenvalue weighted by Gasteiger charge is 2.28. The summed E-state index contributed by atoms with van der Waals surface area (Å²) in [5.41, 5.74) is 4.60. The minimum Gasteiger partial charge on any atom is -0.294 e. The van der Waals surface area contributed by atoms with Crippen molar-refractivity contribution in [3.63, 3.8) is 0 Å². The molecule has 0 saturated heterocycles. The van der Waals surface area contributed by atoms with Gasteiger partial charge in [0.1, 0.15) is 0 Å². The van der Waals surface area contributed by atoms with E-state index in [1.807, 2.05) is 26.0 Å². The molecule has 1 heteroatoms. The van der Waals surface area contributed by atoms with Gasteiger partial charge in [-0.3, -0.25) is 4.79 Å². The van der Waals surface area contributed by atoms with Crippen molar-refractivity contribution < 1.29 is 4.79 Å². The Bertz CT molecular complexity index is 429. The van der Waals surface area contributed by atoms with Crippen molar-refractivity contribution in [1.82, 2.24) is 0 Å². The molecule has 0 fully saturated rings. The zero-order chi connectivity index (χ0) is 11.0. The van der Waals surface area contributed by atoms with Gasteiger partial charge in [0.25, 0.3) is 0 Å². The average Bonchev–Trinajstić information content (AvgIpc) is 2.45. The molecule has 1 aliphatic rings. The van der Waals surface area contributed by atoms with Crippen LogP contribution in [0.2, 0.25) is 0 Å². The normalized spacial score (nSPS) is 19.1. The van der Waals surface area contributed by atoms with Crippen LogP contribution in [-0.4, -0.2) is 5.78 Å². The molecule has 1 atom stereocenters. The van der Waals surface area contributed by atoms with E-state index in [0.29, 0.717) is 5.78 Å². The third kappa shape index (κ3) is 1.74. The molecule has 0 N–H and O–H groups in total. The topological polar surface area (TPSA) is 17.1 Å². The van der Waals surface area contributed by atoms with E-state index in [-0.39, 0.29) is 5.92 Å². The van der Waals surface area contributed by atoms with Gasteiger partial charge in [-0.05, 0) is 30.9 Å². The van der Waals surface area contributed by atoms with Crippen LogP contribution in [0.5, 0.6) is 0 Å². The lowest BCUT2D eigenvalue weighted by Gasteiger charge is -2.06. The number of benzene rings is 1. The van der Waals surface area contributed by atoms with Gasteiger partial charge in [0.05, 0.1) is 0 Å². The lowest BCUT2D eigenvalue weighted by molar-refractivity contribution is 0.0946. The Hall–Kier alpha value is -1.37. The van der Waals surface area contributed by atoms with E-state index in [1.54, 1.807) is 0 Å². The van der Waals surface area contributed by atoms with Crippen LogP contribution in [0, 0.1) is 5.92 Å². The summed E-state index contributed by atoms with van der Waals surface area (Å²) in [5.74, 6) is 0.458. The second-order valence-electron chi connectivity index (χ2n) is 4.55. The number of hydrogen-bond acceptors (Lipinski definition) is 1. The SMILES string of the molecule is C=C(C)Cc1cccc2c1CC(C)C2=O. The number of fused-ring (bicyclic) bond motifs is 1. The summed E-state index contributed by atoms with van der Waals surface area (Å²) in [7, 11) is 0. The molecule has 1 aromatic rings. The number of ketones is 1. The summed E-state index contributed by atoms with van der Waals surface area (Å²) in [4.78, 5) is 11.8. The van der Waals surface area contributed by atoms with Gasteiger partial charge in [0.15, 0.2) is 5.78 Å². The molecule has 0 aliphatic heterocycles. The Morgan fingerprint density at radius 1 is 1.53 bits per heavy atom. The van der Waals surface area contributed by atoms with Gasteiger partial charge in [-0.25, -0.2) is 0 Å². The molecular formula is C14H16O. The van der Waals surface area contributed by atoms with Crippen LogP contribution in [0.4, 0.5) is 0 Å². The molecule has 0 amide bonds. The van der Waals surface area contributed by atoms with Crippen molar-refractivity contribution in [3.8, 4) is 0 Å². The van der Waals surface area contributed by atoms with E-state index in [0.717, 1.165) is 24.0 Å². The molecule has 0 bridgehead atoms. The maximum absolute atomic E-state index is 11.8. The summed E-state index contributed by atoms with van der Waals surface area (Å²) >= 11 is 0. The zero-order valence-electron chi connectivity index (χ0n) is 9.34. The quantitative estimate of drug-likeness (QED) is 0.670. The maximum Gasteiger partial charge on any atom is 0.166 e. The van der Waals surface area contributed by atoms with Crippen molar-refractivity contribution in [2.45, 2.75) is 26.7 Å². The Labute approximate surface area is 90.8 Å². The van der Waals surface area contributed by atoms with Crippen LogP contribution < -0.4 is 0 Å². The average molecular weight is 200 g/mol. The highest BCUT2D eigenvalue weighted by atomic mass is 16.1. The molecular weight excluding hydrogens is 184 g/mol. The minimum absolute atomic E-state index is 0.159. The number of carbonyl (C=O) groups is 1. The van der Waals surface area contributed by atoms with Gasteiger partial charge in [-0.1, -0.05) is 37.3 Å². The van der Waals surface area contributed by atoms with Crippen LogP contribution in [0.15, 0.2) is 30.4 Å². The maximum atomic E-state index is 11.8. The molecule has 1 unspecified atom stereocenters. The second kappa shape index (κ2) is 3.65. The molecule has 0 saturated carbocycles. The molecule has 1 aliphatic carbocycles. The third-order valence-electron chi connectivity index (χ3n) is 2.99. The van der Waals surface area contributed by atoms with Crippen LogP contribution in [-0.2, 0) is 12.8 Å². The summed E-state index contributed by atoms with van der Waals surface area (Å²) in [6.45, 7) is 7.96. The van der Waals surface area contributed by atoms with Crippen molar-refractivity contribution >= 4 is 5.78 Å². The second-order valence-corrected chi connectivity index (χ2v) is 4.55. The fourth-order valence-corrected chi connectivity index (χ4v) is 2.26. The highest BCUT2D eigenvalue weighted by Crippen LogP contribution is 2.30. The minimum atomic E-state index is 0.159. The van der Waals surface area contributed by atoms with Gasteiger partial charge in [-0.2, -0.15) is 0 Å². The monoisotopic (exact) mass is 200 g/mol. The van der Waals surface area contributed by atoms with E-state index < -0.39 is 0 Å². The molecule has 2 rings (SSSR count). The summed E-state index contributed by atoms with van der Waals surface area (Å²) in [6.07, 6.45) is 1.79. The Morgan fingerprint density at radius 3 is 2.93 bits per heavy atom. The molecule has 0 aromatic heterocycles. The number of allylic oxidation sites excluding steroid dienone is 1. The van der Waals surface area contributed by atoms with Crippen LogP contribution in [0.1, 0.15) is 35.3 Å². The number of carbonyl (C=O) groups excluding carboxylic acids is 1. The first-order chi connectivity index (χ1) is 7.09. The van der Waals surface area contributed by atoms with Gasteiger partial charge in [0, 0.05) is 11.5 Å². The Balaban J connectivity index is 2.45. The van der Waals surface area contributed by atoms with Crippen molar-refractivity contribution in [3.05, 3.63) is 47.0 Å². The van der Waals surface area contributed by atoms with E-state index in [2.05, 4.69) is 12.6 Å². The van der Waals surface area contributed by atoms with E-state index in [1.165, 1.54) is 11.1 Å². The lowest BCUT2D eigenvalue weighted by Crippen LogP contribution is -2.02. The first kappa shape index (κ1) is 10.2. The summed E-state index contributed by atoms with van der Waals surface area (Å²) in [6, 6.07) is 6.04. The van der Waals surface area contributed by atoms with E-state index in [4.69, 9.17) is 0 Å². The molecule has 78 valence electrons. The summed E-state index contributed by atoms with van der Waals surface area (Å²) < 4.78 is 0. The number of hydrogen-bond donors (Lipinski definition) is 0. The van der Waals surface area contributed by atoms with Gasteiger partial charge in [-0.15, -0.1) is 0 Å². The first-order valence-electron chi connectivity index (χ1n) is 5.39. The molecule has 0 radical (unpaired) electrons. The van der Waals surface area contributed by atoms with Crippen LogP contribution in [0.3, 0.4) is 0 Å². The van der Waals surface area contributed by atoms with Crippen molar-refractivity contribution in [2.24, 2.45) is 5.92 Å². The van der Waals surface area contributed by atoms with Crippen molar-refractivity contribution in [1.29, 1.82) is 0 Å². The van der Waals surface area contributed by atoms with Gasteiger partial charge >= 0.3 is 0 Å². The third-order valence-corrected chi connectivity index (χ3v) is 2.99. The predicted octanol–water partition coefficient (Wildman–Crippen LogP) is 3.18. The molecule has 0 spiro atoms. The van der Waals surface area contributed by atoms with Crippen molar-refractivity contribution in [2.75, 3.05) is 0 Å². The lowest BCUT2D eigenvalue weighted by atomic mass is 9.98. The molecule has 1 aromatic carbocycles. The van der Waals surface area contributed by atoms with E-state index >= 15 is 0 Å². The zero-order valence-corrected chi connectivity index (χ0v) is 9.34. The molecule has 0 heterocycles. The smallest absolute Gasteiger partial charge is 0.166 e. The fourth-order valence-electron chi connectivity index (χ4n) is 2.26. The largest absolute Gasteiger partial charge is 0.294 e. The highest BCUT2D eigenvalue weighted by molar-refractivity contribution is 6.02. The predicted molar refractivity (Wildman–Crippen MR) is 62.2 cm³/mol. The number of rotatable bonds is 2. The Kier molecular flexibility index (Phi) is 2.47. The molecule has 15 heavy (non-hydrogen) atoms.